The highest BCUT2D eigenvalue weighted by atomic mass is 16.5. The van der Waals surface area contributed by atoms with Crippen molar-refractivity contribution in [2.75, 3.05) is 49.6 Å². The number of likely N-dealkylation sites (N-methyl/N-ethyl adjacent to an activating group) is 1. The summed E-state index contributed by atoms with van der Waals surface area (Å²) in [7, 11) is 2.12. The lowest BCUT2D eigenvalue weighted by atomic mass is 10.0. The molecule has 0 radical (unpaired) electrons. The van der Waals surface area contributed by atoms with Gasteiger partial charge in [-0.05, 0) is 39.1 Å². The highest BCUT2D eigenvalue weighted by Crippen LogP contribution is 2.40. The smallest absolute Gasteiger partial charge is 0.271 e. The molecule has 1 amide bonds. The van der Waals surface area contributed by atoms with Crippen LogP contribution in [-0.4, -0.2) is 62.5 Å². The molecule has 1 saturated heterocycles. The molecule has 2 heterocycles. The van der Waals surface area contributed by atoms with Crippen LogP contribution in [0.25, 0.3) is 0 Å². The number of nitrogens with zero attached hydrogens (tertiary/aromatic N) is 3. The van der Waals surface area contributed by atoms with Gasteiger partial charge in [-0.25, -0.2) is 0 Å². The molecule has 1 aromatic rings. The van der Waals surface area contributed by atoms with E-state index in [1.165, 1.54) is 4.90 Å². The molecule has 0 bridgehead atoms. The van der Waals surface area contributed by atoms with Gasteiger partial charge in [-0.3, -0.25) is 9.69 Å². The number of fused-ring (bicyclic) bond motifs is 1. The number of anilines is 2. The van der Waals surface area contributed by atoms with Gasteiger partial charge < -0.3 is 19.3 Å². The van der Waals surface area contributed by atoms with Gasteiger partial charge >= 0.3 is 0 Å². The number of amides is 1. The lowest BCUT2D eigenvalue weighted by Gasteiger charge is -2.39. The Morgan fingerprint density at radius 1 is 1.22 bits per heavy atom. The number of hydrogen-bond donors (Lipinski definition) is 0. The van der Waals surface area contributed by atoms with Crippen molar-refractivity contribution in [3.05, 3.63) is 18.2 Å². The van der Waals surface area contributed by atoms with Crippen LogP contribution in [-0.2, 0) is 9.59 Å². The molecule has 124 valence electrons. The van der Waals surface area contributed by atoms with Crippen molar-refractivity contribution in [2.45, 2.75) is 19.4 Å². The minimum atomic E-state index is -0.953. The summed E-state index contributed by atoms with van der Waals surface area (Å²) in [6.45, 7) is 7.42. The third-order valence-electron chi connectivity index (χ3n) is 4.48. The summed E-state index contributed by atoms with van der Waals surface area (Å²) in [6.07, 6.45) is 0.756. The molecular formula is C17H23N3O3. The Balaban J connectivity index is 1.94. The zero-order valence-electron chi connectivity index (χ0n) is 13.9. The van der Waals surface area contributed by atoms with Crippen molar-refractivity contribution in [2.24, 2.45) is 0 Å². The zero-order chi connectivity index (χ0) is 16.6. The third-order valence-corrected chi connectivity index (χ3v) is 4.48. The lowest BCUT2D eigenvalue weighted by Crippen LogP contribution is -2.53. The van der Waals surface area contributed by atoms with Crippen LogP contribution in [0.2, 0.25) is 0 Å². The van der Waals surface area contributed by atoms with Crippen LogP contribution in [0, 0.1) is 0 Å². The Kier molecular flexibility index (Phi) is 4.02. The molecule has 23 heavy (non-hydrogen) atoms. The van der Waals surface area contributed by atoms with Gasteiger partial charge in [0, 0.05) is 31.9 Å². The molecule has 6 heteroatoms. The topological polar surface area (TPSA) is 53.1 Å². The summed E-state index contributed by atoms with van der Waals surface area (Å²) in [6, 6.07) is 5.88. The minimum Gasteiger partial charge on any atom is -0.476 e. The van der Waals surface area contributed by atoms with E-state index >= 15 is 0 Å². The lowest BCUT2D eigenvalue weighted by molar-refractivity contribution is -0.133. The molecule has 0 aliphatic carbocycles. The van der Waals surface area contributed by atoms with E-state index in [9.17, 15) is 9.59 Å². The van der Waals surface area contributed by atoms with Crippen LogP contribution < -0.4 is 14.5 Å². The van der Waals surface area contributed by atoms with E-state index in [-0.39, 0.29) is 12.5 Å². The van der Waals surface area contributed by atoms with Gasteiger partial charge in [0.15, 0.2) is 5.60 Å². The average Bonchev–Trinajstić information content (AvgIpc) is 2.52. The first-order valence-electron chi connectivity index (χ1n) is 7.94. The van der Waals surface area contributed by atoms with E-state index in [1.54, 1.807) is 13.8 Å². The van der Waals surface area contributed by atoms with Gasteiger partial charge in [-0.15, -0.1) is 0 Å². The largest absolute Gasteiger partial charge is 0.476 e. The summed E-state index contributed by atoms with van der Waals surface area (Å²) in [5.74, 6) is 0.460. The molecule has 0 N–H and O–H groups in total. The highest BCUT2D eigenvalue weighted by molar-refractivity contribution is 6.04. The van der Waals surface area contributed by atoms with E-state index in [1.807, 2.05) is 18.2 Å². The van der Waals surface area contributed by atoms with Crippen LogP contribution >= 0.6 is 0 Å². The Morgan fingerprint density at radius 2 is 1.91 bits per heavy atom. The second-order valence-electron chi connectivity index (χ2n) is 6.64. The first-order valence-corrected chi connectivity index (χ1v) is 7.94. The van der Waals surface area contributed by atoms with Crippen molar-refractivity contribution < 1.29 is 14.3 Å². The van der Waals surface area contributed by atoms with E-state index in [0.717, 1.165) is 38.2 Å². The second-order valence-corrected chi connectivity index (χ2v) is 6.64. The SMILES string of the molecule is CN1CCN(c2ccc3c(c2)N(CC=O)C(=O)C(C)(C)O3)CC1. The number of rotatable bonds is 3. The maximum Gasteiger partial charge on any atom is 0.271 e. The summed E-state index contributed by atoms with van der Waals surface area (Å²) in [5.41, 5.74) is 0.785. The van der Waals surface area contributed by atoms with Crippen LogP contribution in [0.1, 0.15) is 13.8 Å². The first-order chi connectivity index (χ1) is 10.9. The van der Waals surface area contributed by atoms with Crippen LogP contribution in [0.5, 0.6) is 5.75 Å². The zero-order valence-corrected chi connectivity index (χ0v) is 13.9. The van der Waals surface area contributed by atoms with E-state index < -0.39 is 5.60 Å². The molecule has 0 aromatic heterocycles. The summed E-state index contributed by atoms with van der Waals surface area (Å²) < 4.78 is 5.83. The average molecular weight is 317 g/mol. The number of piperazine rings is 1. The molecule has 6 nitrogen and oxygen atoms in total. The summed E-state index contributed by atoms with van der Waals surface area (Å²) in [5, 5.41) is 0. The molecule has 0 spiro atoms. The quantitative estimate of drug-likeness (QED) is 0.783. The number of hydrogen-bond acceptors (Lipinski definition) is 5. The standard InChI is InChI=1S/C17H23N3O3/c1-17(2)16(22)20(10-11-21)14-12-13(4-5-15(14)23-17)19-8-6-18(3)7-9-19/h4-5,11-12H,6-10H2,1-3H3. The Hall–Kier alpha value is -2.08. The van der Waals surface area contributed by atoms with Gasteiger partial charge in [-0.2, -0.15) is 0 Å². The van der Waals surface area contributed by atoms with E-state index in [2.05, 4.69) is 16.8 Å². The monoisotopic (exact) mass is 317 g/mol. The normalized spacial score (nSPS) is 20.9. The number of benzene rings is 1. The minimum absolute atomic E-state index is 0.0464. The fraction of sp³-hybridized carbons (Fsp3) is 0.529. The molecule has 3 rings (SSSR count). The molecule has 1 aromatic carbocycles. The van der Waals surface area contributed by atoms with Crippen LogP contribution in [0.3, 0.4) is 0 Å². The fourth-order valence-electron chi connectivity index (χ4n) is 3.07. The van der Waals surface area contributed by atoms with Crippen molar-refractivity contribution in [3.63, 3.8) is 0 Å². The first kappa shape index (κ1) is 15.8. The maximum absolute atomic E-state index is 12.6. The maximum atomic E-state index is 12.6. The number of ether oxygens (including phenoxy) is 1. The second kappa shape index (κ2) is 5.85. The van der Waals surface area contributed by atoms with Gasteiger partial charge in [0.05, 0.1) is 12.2 Å². The predicted molar refractivity (Wildman–Crippen MR) is 89.3 cm³/mol. The van der Waals surface area contributed by atoms with Gasteiger partial charge in [0.25, 0.3) is 5.91 Å². The Morgan fingerprint density at radius 3 is 2.57 bits per heavy atom. The van der Waals surface area contributed by atoms with Crippen molar-refractivity contribution in [1.82, 2.24) is 4.90 Å². The number of carbonyl (C=O) groups is 2. The number of aldehydes is 1. The Labute approximate surface area is 136 Å². The Bertz CT molecular complexity index is 622. The third kappa shape index (κ3) is 2.91. The molecule has 0 saturated carbocycles. The molecule has 2 aliphatic heterocycles. The van der Waals surface area contributed by atoms with E-state index in [0.29, 0.717) is 11.4 Å². The fourth-order valence-corrected chi connectivity index (χ4v) is 3.07. The summed E-state index contributed by atoms with van der Waals surface area (Å²) in [4.78, 5) is 29.7. The van der Waals surface area contributed by atoms with Crippen molar-refractivity contribution >= 4 is 23.6 Å². The van der Waals surface area contributed by atoms with Gasteiger partial charge in [0.2, 0.25) is 0 Å². The molecule has 0 unspecified atom stereocenters. The van der Waals surface area contributed by atoms with Crippen molar-refractivity contribution in [1.29, 1.82) is 0 Å². The molecule has 1 fully saturated rings. The van der Waals surface area contributed by atoms with Gasteiger partial charge in [-0.1, -0.05) is 0 Å². The molecule has 0 atom stereocenters. The molecule has 2 aliphatic rings. The van der Waals surface area contributed by atoms with Crippen molar-refractivity contribution in [3.8, 4) is 5.75 Å². The van der Waals surface area contributed by atoms with Crippen LogP contribution in [0.4, 0.5) is 11.4 Å². The van der Waals surface area contributed by atoms with Crippen LogP contribution in [0.15, 0.2) is 18.2 Å². The summed E-state index contributed by atoms with van der Waals surface area (Å²) >= 11 is 0. The molecular weight excluding hydrogens is 294 g/mol. The highest BCUT2D eigenvalue weighted by Gasteiger charge is 2.41. The van der Waals surface area contributed by atoms with E-state index in [4.69, 9.17) is 4.74 Å². The van der Waals surface area contributed by atoms with Gasteiger partial charge in [0.1, 0.15) is 12.0 Å². The predicted octanol–water partition coefficient (Wildman–Crippen LogP) is 1.14. The number of carbonyl (C=O) groups excluding carboxylic acids is 2.